The average Bonchev–Trinajstić information content (AvgIpc) is 4.23. The number of nitrogens with zero attached hydrogens (tertiary/aromatic N) is 7. The van der Waals surface area contributed by atoms with Gasteiger partial charge in [0.2, 0.25) is 17.7 Å². The van der Waals surface area contributed by atoms with Crippen LogP contribution in [0.15, 0.2) is 83.3 Å². The van der Waals surface area contributed by atoms with Crippen molar-refractivity contribution in [1.82, 2.24) is 40.2 Å². The highest BCUT2D eigenvalue weighted by atomic mass is 32.1. The second-order valence-electron chi connectivity index (χ2n) is 20.4. The van der Waals surface area contributed by atoms with Gasteiger partial charge < -0.3 is 30.3 Å². The lowest BCUT2D eigenvalue weighted by Gasteiger charge is -2.36. The number of hydrogen-bond donors (Lipinski definition) is 3. The van der Waals surface area contributed by atoms with Crippen LogP contribution in [0.1, 0.15) is 114 Å². The first-order chi connectivity index (χ1) is 34.8. The van der Waals surface area contributed by atoms with Crippen molar-refractivity contribution in [2.45, 2.75) is 105 Å². The highest BCUT2D eigenvalue weighted by Crippen LogP contribution is 2.40. The van der Waals surface area contributed by atoms with Gasteiger partial charge in [0.05, 0.1) is 53.4 Å². The normalized spacial score (nSPS) is 19.3. The number of likely N-dealkylation sites (tertiary alicyclic amines) is 2. The lowest BCUT2D eigenvalue weighted by atomic mass is 9.85. The number of amides is 4. The van der Waals surface area contributed by atoms with E-state index in [1.807, 2.05) is 112 Å². The molecule has 0 radical (unpaired) electrons. The number of hydrogen-bond acceptors (Lipinski definition) is 13. The largest absolute Gasteiger partial charge is 0.469 e. The second-order valence-corrected chi connectivity index (χ2v) is 22.5. The number of ether oxygens (including phenoxy) is 1. The van der Waals surface area contributed by atoms with Gasteiger partial charge in [-0.15, -0.1) is 32.9 Å². The minimum absolute atomic E-state index is 0.0133. The van der Waals surface area contributed by atoms with Crippen LogP contribution in [-0.2, 0) is 23.9 Å². The number of β-amino-alcohol motifs (C(OH)–C–C–N with tert-alkyl or cyclic N) is 1. The van der Waals surface area contributed by atoms with Gasteiger partial charge in [0.1, 0.15) is 29.0 Å². The molecule has 0 bridgehead atoms. The molecule has 16 nitrogen and oxygen atoms in total. The smallest absolute Gasteiger partial charge is 0.308 e. The molecule has 6 aromatic rings. The number of esters is 1. The van der Waals surface area contributed by atoms with Crippen molar-refractivity contribution in [2.75, 3.05) is 26.7 Å². The maximum absolute atomic E-state index is 14.4. The minimum atomic E-state index is -0.996. The number of aryl methyl sites for hydroxylation is 3. The summed E-state index contributed by atoms with van der Waals surface area (Å²) < 4.78 is 7.04. The third kappa shape index (κ3) is 10.2. The Morgan fingerprint density at radius 2 is 1.51 bits per heavy atom. The Kier molecular flexibility index (Phi) is 14.4. The second kappa shape index (κ2) is 20.6. The molecule has 3 aliphatic heterocycles. The van der Waals surface area contributed by atoms with Crippen molar-refractivity contribution < 1.29 is 33.8 Å². The molecule has 73 heavy (non-hydrogen) atoms. The van der Waals surface area contributed by atoms with E-state index in [2.05, 4.69) is 39.7 Å². The molecule has 380 valence electrons. The first kappa shape index (κ1) is 51.0. The topological polar surface area (TPSA) is 201 Å². The van der Waals surface area contributed by atoms with Gasteiger partial charge in [-0.2, -0.15) is 0 Å². The summed E-state index contributed by atoms with van der Waals surface area (Å²) in [4.78, 5) is 83.5. The summed E-state index contributed by atoms with van der Waals surface area (Å²) in [7, 11) is 1.36. The molecule has 3 N–H and O–H groups in total. The molecule has 3 aliphatic rings. The van der Waals surface area contributed by atoms with E-state index in [0.717, 1.165) is 65.1 Å². The Bertz CT molecular complexity index is 3120. The highest BCUT2D eigenvalue weighted by Gasteiger charge is 2.46. The number of methoxy groups -OCH3 is 1. The summed E-state index contributed by atoms with van der Waals surface area (Å²) in [5.74, 6) is -1.02. The molecule has 0 saturated carbocycles. The van der Waals surface area contributed by atoms with Gasteiger partial charge in [-0.3, -0.25) is 33.5 Å². The molecule has 6 atom stereocenters. The minimum Gasteiger partial charge on any atom is -0.469 e. The van der Waals surface area contributed by atoms with E-state index >= 15 is 0 Å². The molecular formula is C55H61N9O7S2. The van der Waals surface area contributed by atoms with Crippen LogP contribution in [0.25, 0.3) is 26.6 Å². The van der Waals surface area contributed by atoms with Gasteiger partial charge >= 0.3 is 5.97 Å². The highest BCUT2D eigenvalue weighted by molar-refractivity contribution is 7.15. The predicted octanol–water partition coefficient (Wildman–Crippen LogP) is 7.64. The maximum atomic E-state index is 14.4. The third-order valence-electron chi connectivity index (χ3n) is 14.3. The molecule has 3 aromatic heterocycles. The van der Waals surface area contributed by atoms with Gasteiger partial charge in [-0.25, -0.2) is 4.98 Å². The van der Waals surface area contributed by atoms with Crippen LogP contribution in [0.4, 0.5) is 0 Å². The zero-order valence-corrected chi connectivity index (χ0v) is 44.2. The lowest BCUT2D eigenvalue weighted by Crippen LogP contribution is -2.58. The number of thiazole rings is 1. The van der Waals surface area contributed by atoms with Crippen molar-refractivity contribution in [3.63, 3.8) is 0 Å². The standard InChI is InChI=1S/C55H61N9O7S2/c1-29-32(4)73-54-45(29)46(58-42(25-44(66)71-9)49-61-60-33(5)64(49)54)37-16-12-35(13-17-37)36-14-20-39(21-15-36)52(69)62-23-22-40(26-62)50(67)59-48(55(6,7)8)53(70)63-27-41(65)24-43(63)51(68)57-30(2)34-10-18-38(19-11-34)47-31(3)56-28-72-47/h10-21,28,30,40-43,48,65H,22-27H2,1-9H3,(H,57,68)(H,59,67)/t30-,40+,41+,42-,43-,48+/m0/s1. The van der Waals surface area contributed by atoms with Crippen LogP contribution in [0.2, 0.25) is 0 Å². The predicted molar refractivity (Wildman–Crippen MR) is 281 cm³/mol. The number of fused-ring (bicyclic) bond motifs is 3. The van der Waals surface area contributed by atoms with Gasteiger partial charge in [0.25, 0.3) is 5.91 Å². The lowest BCUT2D eigenvalue weighted by molar-refractivity contribution is -0.144. The number of aliphatic hydroxyl groups excluding tert-OH is 1. The van der Waals surface area contributed by atoms with Crippen molar-refractivity contribution in [2.24, 2.45) is 16.3 Å². The Hall–Kier alpha value is -6.89. The number of aliphatic imine (C=N–C) groups is 1. The Labute approximate surface area is 432 Å². The van der Waals surface area contributed by atoms with Crippen LogP contribution in [0.3, 0.4) is 0 Å². The van der Waals surface area contributed by atoms with E-state index in [0.29, 0.717) is 30.2 Å². The number of rotatable bonds is 12. The number of carbonyl (C=O) groups excluding carboxylic acids is 5. The van der Waals surface area contributed by atoms with Crippen LogP contribution < -0.4 is 10.6 Å². The summed E-state index contributed by atoms with van der Waals surface area (Å²) in [6.07, 6.45) is -0.396. The van der Waals surface area contributed by atoms with Crippen molar-refractivity contribution in [3.8, 4) is 26.6 Å². The summed E-state index contributed by atoms with van der Waals surface area (Å²) in [6.45, 7) is 16.0. The molecule has 0 spiro atoms. The van der Waals surface area contributed by atoms with Crippen LogP contribution >= 0.6 is 22.7 Å². The molecule has 3 aromatic carbocycles. The monoisotopic (exact) mass is 1020 g/mol. The number of carbonyl (C=O) groups is 5. The number of thiophene rings is 1. The Morgan fingerprint density at radius 3 is 2.15 bits per heavy atom. The molecule has 2 saturated heterocycles. The molecule has 18 heteroatoms. The van der Waals surface area contributed by atoms with E-state index < -0.39 is 47.4 Å². The van der Waals surface area contributed by atoms with E-state index in [1.165, 1.54) is 12.0 Å². The van der Waals surface area contributed by atoms with Crippen LogP contribution in [0.5, 0.6) is 0 Å². The number of aromatic nitrogens is 4. The zero-order chi connectivity index (χ0) is 52.0. The fourth-order valence-corrected chi connectivity index (χ4v) is 12.0. The summed E-state index contributed by atoms with van der Waals surface area (Å²) in [5, 5.41) is 26.6. The summed E-state index contributed by atoms with van der Waals surface area (Å²) in [6, 6.07) is 20.5. The van der Waals surface area contributed by atoms with E-state index in [4.69, 9.17) is 9.73 Å². The molecule has 6 heterocycles. The third-order valence-corrected chi connectivity index (χ3v) is 16.5. The quantitative estimate of drug-likeness (QED) is 0.102. The first-order valence-corrected chi connectivity index (χ1v) is 26.3. The van der Waals surface area contributed by atoms with E-state index in [9.17, 15) is 29.1 Å². The summed E-state index contributed by atoms with van der Waals surface area (Å²) in [5.41, 5.74) is 9.99. The fraction of sp³-hybridized carbons (Fsp3) is 0.400. The van der Waals surface area contributed by atoms with Gasteiger partial charge in [0.15, 0.2) is 5.82 Å². The number of aliphatic hydroxyl groups is 1. The maximum Gasteiger partial charge on any atom is 0.308 e. The van der Waals surface area contributed by atoms with Crippen LogP contribution in [-0.4, -0.2) is 115 Å². The van der Waals surface area contributed by atoms with Gasteiger partial charge in [0, 0.05) is 47.6 Å². The molecule has 2 fully saturated rings. The Balaban J connectivity index is 0.834. The Morgan fingerprint density at radius 1 is 0.849 bits per heavy atom. The average molecular weight is 1020 g/mol. The number of nitrogens with one attached hydrogen (secondary N) is 2. The van der Waals surface area contributed by atoms with Crippen molar-refractivity contribution in [3.05, 3.63) is 128 Å². The molecule has 0 unspecified atom stereocenters. The molecule has 0 aliphatic carbocycles. The number of benzene rings is 3. The van der Waals surface area contributed by atoms with Crippen molar-refractivity contribution >= 4 is 58.0 Å². The van der Waals surface area contributed by atoms with Gasteiger partial charge in [-0.05, 0) is 86.4 Å². The van der Waals surface area contributed by atoms with E-state index in [-0.39, 0.29) is 49.7 Å². The van der Waals surface area contributed by atoms with E-state index in [1.54, 1.807) is 39.7 Å². The SMILES string of the molecule is COC(=O)C[C@@H]1N=C(c2ccc(-c3ccc(C(=O)N4CC[C@@H](C(=O)N[C@H](C(=O)N5C[C@H](O)C[C@H]5C(=O)N[C@@H](C)c5ccc(-c6scnc6C)cc5)C(C)(C)C)C4)cc3)cc2)c2c(sc(C)c2C)-n2c(C)nnc21. The van der Waals surface area contributed by atoms with Crippen LogP contribution in [0, 0.1) is 39.0 Å². The molecular weight excluding hydrogens is 963 g/mol. The summed E-state index contributed by atoms with van der Waals surface area (Å²) >= 11 is 3.21. The molecule has 4 amide bonds. The van der Waals surface area contributed by atoms with Gasteiger partial charge in [-0.1, -0.05) is 81.4 Å². The first-order valence-electron chi connectivity index (χ1n) is 24.6. The van der Waals surface area contributed by atoms with Crippen molar-refractivity contribution in [1.29, 1.82) is 0 Å². The molecule has 9 rings (SSSR count). The zero-order valence-electron chi connectivity index (χ0n) is 42.6. The fourth-order valence-electron chi connectivity index (χ4n) is 10.0.